The van der Waals surface area contributed by atoms with Crippen molar-refractivity contribution in [2.45, 2.75) is 175 Å². The van der Waals surface area contributed by atoms with Gasteiger partial charge in [-0.1, -0.05) is 199 Å². The Labute approximate surface area is 660 Å². The molecule has 548 valence electrons. The number of carbonyl (C=O) groups is 1. The fourth-order valence-corrected chi connectivity index (χ4v) is 14.5. The third kappa shape index (κ3) is 36.2. The summed E-state index contributed by atoms with van der Waals surface area (Å²) in [4.78, 5) is 26.6. The number of aryl methyl sites for hydroxylation is 11. The van der Waals surface area contributed by atoms with E-state index in [0.29, 0.717) is 0 Å². The molecule has 0 fully saturated rings. The first-order valence-electron chi connectivity index (χ1n) is 31.4. The van der Waals surface area contributed by atoms with Crippen LogP contribution in [0, 0.1) is 76.2 Å². The second-order valence-corrected chi connectivity index (χ2v) is 30.9. The van der Waals surface area contributed by atoms with Crippen molar-refractivity contribution in [3.8, 4) is 11.5 Å². The van der Waals surface area contributed by atoms with E-state index in [2.05, 4.69) is 264 Å². The lowest BCUT2D eigenvalue weighted by Crippen LogP contribution is -2.00. The average Bonchev–Trinajstić information content (AvgIpc) is 0.992. The normalized spacial score (nSPS) is 9.59. The van der Waals surface area contributed by atoms with Gasteiger partial charge < -0.3 is 4.74 Å². The van der Waals surface area contributed by atoms with Crippen molar-refractivity contribution in [1.29, 1.82) is 0 Å². The van der Waals surface area contributed by atoms with Gasteiger partial charge >= 0.3 is 0 Å². The molecule has 0 amide bonds. The summed E-state index contributed by atoms with van der Waals surface area (Å²) < 4.78 is 5.72. The van der Waals surface area contributed by atoms with Crippen molar-refractivity contribution < 1.29 is 9.53 Å². The van der Waals surface area contributed by atoms with Gasteiger partial charge in [-0.05, 0) is 293 Å². The summed E-state index contributed by atoms with van der Waals surface area (Å²) >= 11 is 16.0. The number of hydrogen-bond acceptors (Lipinski definition) is 11. The van der Waals surface area contributed by atoms with Gasteiger partial charge in [0.15, 0.2) is 5.78 Å². The zero-order chi connectivity index (χ0) is 69.9. The summed E-state index contributed by atoms with van der Waals surface area (Å²) in [7, 11) is 0. The summed E-state index contributed by atoms with van der Waals surface area (Å²) in [5.74, 6) is 1.84. The Morgan fingerprint density at radius 3 is 0.961 bits per heavy atom. The highest BCUT2D eigenvalue weighted by molar-refractivity contribution is 8.02. The number of hydrogen-bond donors (Lipinski definition) is 0. The molecule has 2 nitrogen and oxygen atoms in total. The molecule has 0 aliphatic rings. The fraction of sp³-hybridized carbons (Fsp3) is 0.264. The van der Waals surface area contributed by atoms with E-state index in [-0.39, 0.29) is 50.3 Å². The van der Waals surface area contributed by atoms with Gasteiger partial charge in [-0.2, -0.15) is 0 Å². The van der Waals surface area contributed by atoms with Crippen LogP contribution in [0.2, 0.25) is 0 Å². The van der Waals surface area contributed by atoms with Crippen LogP contribution in [-0.2, 0) is 0 Å². The molecule has 102 heavy (non-hydrogen) atoms. The summed E-state index contributed by atoms with van der Waals surface area (Å²) in [6.45, 7) is 23.3. The SMILES string of the molecule is C.C.C.C.C.C.CSc1cc(C)c(C)cc1C.CSc1ccc(C(=O)c2ccc(C)cc2)cc1.CSc1ccc(C)cc1C.CSc1ccc(C)cc1Sc1ccc(C)cc1.CSc1ccc(Oc2ccc(C)cc2)cc1.CSc1ccc(Sc2ccc(C)cc2)cc1.CSc1cccc(C)c1. The molecule has 11 aromatic rings. The van der Waals surface area contributed by atoms with E-state index in [9.17, 15) is 4.79 Å². The molecular weight excluding hydrogens is 1410 g/mol. The Kier molecular flexibility index (Phi) is 51.7. The van der Waals surface area contributed by atoms with Gasteiger partial charge in [-0.25, -0.2) is 0 Å². The predicted octanol–water partition coefficient (Wildman–Crippen LogP) is 31.4. The van der Waals surface area contributed by atoms with E-state index in [0.717, 1.165) is 22.6 Å². The third-order valence-corrected chi connectivity index (χ3v) is 22.4. The van der Waals surface area contributed by atoms with Crippen molar-refractivity contribution >= 4 is 112 Å². The highest BCUT2D eigenvalue weighted by atomic mass is 32.2. The quantitative estimate of drug-likeness (QED) is 0.0726. The van der Waals surface area contributed by atoms with E-state index in [1.807, 2.05) is 122 Å². The molecule has 11 aromatic carbocycles. The predicted molar refractivity (Wildman–Crippen MR) is 478 cm³/mol. The monoisotopic (exact) mass is 1530 g/mol. The Morgan fingerprint density at radius 2 is 0.549 bits per heavy atom. The first-order chi connectivity index (χ1) is 46.1. The first kappa shape index (κ1) is 98.1. The standard InChI is InChI=1S/C15H14OS.C15H16S2.C14H14OS.C14H14S2.C10H14S.C9H12S.C8H10S.6CH4/c1-11-3-5-12(6-4-11)15(16)13-7-9-14(17-2)10-8-13;1-11-4-7-13(8-5-11)17-15-10-12(2)6-9-14(15)16-3;1-11-3-5-12(6-4-11)15-13-7-9-14(16-2)10-8-13;1-11-3-5-13(6-4-11)16-14-9-7-12(15-2)8-10-14;1-7-5-9(3)10(11-4)6-8(7)2;1-7-4-5-9(10-3)8(2)6-7;1-7-4-3-5-8(6-7)9-2;;;;;;/h3-10H,1-2H3;4-10H,1-3H3;2*3-10H,1-2H3;5-6H,1-4H3;4-6H,1-3H3;3-6H,1-2H3;6*1H4. The van der Waals surface area contributed by atoms with Crippen molar-refractivity contribution in [3.63, 3.8) is 0 Å². The van der Waals surface area contributed by atoms with Crippen LogP contribution in [0.5, 0.6) is 11.5 Å². The summed E-state index contributed by atoms with van der Waals surface area (Å²) in [5.41, 5.74) is 16.1. The van der Waals surface area contributed by atoms with Gasteiger partial charge in [0.1, 0.15) is 11.5 Å². The van der Waals surface area contributed by atoms with Crippen molar-refractivity contribution in [2.75, 3.05) is 43.8 Å². The maximum absolute atomic E-state index is 12.2. The Hall–Kier alpha value is -5.96. The number of benzene rings is 11. The minimum absolute atomic E-state index is 0. The second kappa shape index (κ2) is 53.8. The van der Waals surface area contributed by atoms with E-state index in [4.69, 9.17) is 4.74 Å². The van der Waals surface area contributed by atoms with Gasteiger partial charge in [-0.3, -0.25) is 4.79 Å². The second-order valence-electron chi connectivity index (χ2n) is 22.6. The molecule has 0 N–H and O–H groups in total. The van der Waals surface area contributed by atoms with Gasteiger partial charge in [0.05, 0.1) is 0 Å². The van der Waals surface area contributed by atoms with Crippen LogP contribution in [0.3, 0.4) is 0 Å². The zero-order valence-electron chi connectivity index (χ0n) is 59.1. The fourth-order valence-electron chi connectivity index (χ4n) is 8.91. The van der Waals surface area contributed by atoms with Crippen LogP contribution in [0.25, 0.3) is 0 Å². The molecule has 11 heteroatoms. The van der Waals surface area contributed by atoms with Gasteiger partial charge in [0.25, 0.3) is 0 Å². The molecular formula is C91H118O2S9. The molecule has 0 spiro atoms. The first-order valence-corrected chi connectivity index (χ1v) is 41.6. The lowest BCUT2D eigenvalue weighted by molar-refractivity contribution is 0.103. The Bertz CT molecular complexity index is 3970. The minimum Gasteiger partial charge on any atom is -0.457 e. The summed E-state index contributed by atoms with van der Waals surface area (Å²) in [5, 5.41) is 0. The lowest BCUT2D eigenvalue weighted by atomic mass is 10.0. The average molecular weight is 1530 g/mol. The van der Waals surface area contributed by atoms with E-state index >= 15 is 0 Å². The van der Waals surface area contributed by atoms with Crippen LogP contribution in [-0.4, -0.2) is 49.6 Å². The number of rotatable bonds is 15. The number of ketones is 1. The maximum atomic E-state index is 12.2. The van der Waals surface area contributed by atoms with E-state index in [1.54, 1.807) is 82.3 Å². The molecule has 0 aliphatic heterocycles. The topological polar surface area (TPSA) is 26.3 Å². The molecule has 0 unspecified atom stereocenters. The lowest BCUT2D eigenvalue weighted by Gasteiger charge is -2.08. The van der Waals surface area contributed by atoms with Crippen LogP contribution >= 0.6 is 106 Å². The van der Waals surface area contributed by atoms with Crippen LogP contribution < -0.4 is 4.74 Å². The Morgan fingerprint density at radius 1 is 0.235 bits per heavy atom. The van der Waals surface area contributed by atoms with Gasteiger partial charge in [0.2, 0.25) is 0 Å². The molecule has 0 aliphatic carbocycles. The zero-order valence-corrected chi connectivity index (χ0v) is 66.4. The van der Waals surface area contributed by atoms with Gasteiger partial charge in [0, 0.05) is 65.0 Å². The molecule has 0 radical (unpaired) electrons. The van der Waals surface area contributed by atoms with Crippen molar-refractivity contribution in [1.82, 2.24) is 0 Å². The van der Waals surface area contributed by atoms with Crippen molar-refractivity contribution in [2.24, 2.45) is 0 Å². The van der Waals surface area contributed by atoms with Gasteiger partial charge in [-0.15, -0.1) is 82.3 Å². The molecule has 11 rings (SSSR count). The molecule has 0 heterocycles. The van der Waals surface area contributed by atoms with Crippen LogP contribution in [0.15, 0.2) is 297 Å². The molecule has 0 saturated heterocycles. The molecule has 0 bridgehead atoms. The summed E-state index contributed by atoms with van der Waals surface area (Å²) in [6, 6.07) is 83.8. The molecule has 0 saturated carbocycles. The molecule has 0 aromatic heterocycles. The number of ether oxygens (including phenoxy) is 1. The highest BCUT2D eigenvalue weighted by Gasteiger charge is 2.09. The minimum atomic E-state index is 0. The van der Waals surface area contributed by atoms with Crippen LogP contribution in [0.4, 0.5) is 0 Å². The van der Waals surface area contributed by atoms with E-state index < -0.39 is 0 Å². The summed E-state index contributed by atoms with van der Waals surface area (Å²) in [6.07, 6.45) is 14.6. The highest BCUT2D eigenvalue weighted by Crippen LogP contribution is 2.36. The number of thioether (sulfide) groups is 7. The largest absolute Gasteiger partial charge is 0.457 e. The third-order valence-electron chi connectivity index (χ3n) is 14.7. The van der Waals surface area contributed by atoms with E-state index in [1.165, 1.54) is 115 Å². The number of carbonyl (C=O) groups excluding carboxylic acids is 1. The smallest absolute Gasteiger partial charge is 0.193 e. The Balaban J connectivity index is 0. The maximum Gasteiger partial charge on any atom is 0.193 e. The van der Waals surface area contributed by atoms with Crippen molar-refractivity contribution in [3.05, 3.63) is 315 Å². The van der Waals surface area contributed by atoms with Crippen LogP contribution in [0.1, 0.15) is 122 Å². The molecule has 0 atom stereocenters.